The van der Waals surface area contributed by atoms with Crippen LogP contribution in [0.4, 0.5) is 0 Å². The molecule has 2 aliphatic heterocycles. The number of methoxy groups -OCH3 is 1. The molecule has 0 aliphatic carbocycles. The molecule has 0 aromatic rings. The highest BCUT2D eigenvalue weighted by molar-refractivity contribution is 14.0. The number of carbonyl (C=O) groups is 2. The zero-order valence-electron chi connectivity index (χ0n) is 16.2. The Bertz CT molecular complexity index is 493. The number of esters is 1. The van der Waals surface area contributed by atoms with Crippen molar-refractivity contribution in [1.82, 2.24) is 15.1 Å². The Labute approximate surface area is 173 Å². The Morgan fingerprint density at radius 1 is 1.15 bits per heavy atom. The van der Waals surface area contributed by atoms with E-state index < -0.39 is 0 Å². The van der Waals surface area contributed by atoms with Gasteiger partial charge < -0.3 is 19.9 Å². The van der Waals surface area contributed by atoms with Gasteiger partial charge in [-0.1, -0.05) is 6.92 Å². The molecule has 2 aliphatic rings. The molecule has 1 N–H and O–H groups in total. The number of amides is 1. The second-order valence-electron chi connectivity index (χ2n) is 7.10. The van der Waals surface area contributed by atoms with Gasteiger partial charge in [-0.15, -0.1) is 24.0 Å². The van der Waals surface area contributed by atoms with E-state index >= 15 is 0 Å². The minimum atomic E-state index is -0.121. The number of nitrogens with one attached hydrogen (secondary N) is 1. The maximum Gasteiger partial charge on any atom is 0.308 e. The van der Waals surface area contributed by atoms with Crippen molar-refractivity contribution in [2.45, 2.75) is 39.0 Å². The highest BCUT2D eigenvalue weighted by Crippen LogP contribution is 2.18. The molecule has 0 aromatic carbocycles. The average Bonchev–Trinajstić information content (AvgIpc) is 2.64. The first-order valence-electron chi connectivity index (χ1n) is 9.36. The molecule has 2 saturated heterocycles. The van der Waals surface area contributed by atoms with Crippen molar-refractivity contribution in [1.29, 1.82) is 0 Å². The van der Waals surface area contributed by atoms with Crippen LogP contribution in [0.5, 0.6) is 0 Å². The molecule has 2 rings (SSSR count). The fourth-order valence-corrected chi connectivity index (χ4v) is 3.68. The van der Waals surface area contributed by atoms with Crippen LogP contribution in [0.25, 0.3) is 0 Å². The zero-order chi connectivity index (χ0) is 18.2. The summed E-state index contributed by atoms with van der Waals surface area (Å²) in [7, 11) is 3.19. The van der Waals surface area contributed by atoms with Gasteiger partial charge in [-0.2, -0.15) is 0 Å². The number of rotatable bonds is 4. The van der Waals surface area contributed by atoms with Crippen molar-refractivity contribution >= 4 is 41.8 Å². The number of piperidine rings is 2. The molecular weight excluding hydrogens is 447 g/mol. The summed E-state index contributed by atoms with van der Waals surface area (Å²) in [6.07, 6.45) is 4.37. The van der Waals surface area contributed by atoms with Crippen molar-refractivity contribution in [2.75, 3.05) is 46.9 Å². The number of nitrogens with zero attached hydrogens (tertiary/aromatic N) is 3. The van der Waals surface area contributed by atoms with Crippen molar-refractivity contribution in [3.8, 4) is 0 Å². The molecular formula is C18H33IN4O3. The van der Waals surface area contributed by atoms with Crippen LogP contribution < -0.4 is 5.32 Å². The van der Waals surface area contributed by atoms with Crippen LogP contribution in [-0.4, -0.2) is 74.5 Å². The summed E-state index contributed by atoms with van der Waals surface area (Å²) in [6, 6.07) is 0. The van der Waals surface area contributed by atoms with Crippen molar-refractivity contribution in [2.24, 2.45) is 16.8 Å². The molecule has 0 spiro atoms. The van der Waals surface area contributed by atoms with Crippen LogP contribution in [-0.2, 0) is 14.3 Å². The number of likely N-dealkylation sites (tertiary alicyclic amines) is 2. The number of hydrogen-bond donors (Lipinski definition) is 1. The molecule has 0 aromatic heterocycles. The topological polar surface area (TPSA) is 74.2 Å². The first-order chi connectivity index (χ1) is 12.0. The number of ether oxygens (including phenoxy) is 1. The van der Waals surface area contributed by atoms with Crippen molar-refractivity contribution in [3.63, 3.8) is 0 Å². The largest absolute Gasteiger partial charge is 0.469 e. The minimum Gasteiger partial charge on any atom is -0.469 e. The van der Waals surface area contributed by atoms with Gasteiger partial charge in [0.05, 0.1) is 13.0 Å². The standard InChI is InChI=1S/C18H32N4O3.HI/c1-14-5-4-10-22(13-14)16(23)6-9-20-18(19-2)21-11-7-15(8-12-21)17(24)25-3;/h14-15H,4-13H2,1-3H3,(H,19,20);1H. The Balaban J connectivity index is 0.00000338. The number of guanidine groups is 1. The van der Waals surface area contributed by atoms with E-state index in [9.17, 15) is 9.59 Å². The predicted octanol–water partition coefficient (Wildman–Crippen LogP) is 1.71. The summed E-state index contributed by atoms with van der Waals surface area (Å²) in [5, 5.41) is 3.29. The Morgan fingerprint density at radius 3 is 2.42 bits per heavy atom. The molecule has 8 heteroatoms. The third kappa shape index (κ3) is 6.59. The van der Waals surface area contributed by atoms with E-state index in [0.29, 0.717) is 18.9 Å². The molecule has 1 unspecified atom stereocenters. The van der Waals surface area contributed by atoms with Crippen LogP contribution >= 0.6 is 24.0 Å². The lowest BCUT2D eigenvalue weighted by molar-refractivity contribution is -0.146. The SMILES string of the molecule is CN=C(NCCC(=O)N1CCCC(C)C1)N1CCC(C(=O)OC)CC1.I. The fourth-order valence-electron chi connectivity index (χ4n) is 3.68. The summed E-state index contributed by atoms with van der Waals surface area (Å²) < 4.78 is 4.82. The lowest BCUT2D eigenvalue weighted by Crippen LogP contribution is -2.47. The monoisotopic (exact) mass is 480 g/mol. The van der Waals surface area contributed by atoms with Crippen LogP contribution in [0.2, 0.25) is 0 Å². The van der Waals surface area contributed by atoms with Crippen LogP contribution in [0.3, 0.4) is 0 Å². The highest BCUT2D eigenvalue weighted by atomic mass is 127. The van der Waals surface area contributed by atoms with E-state index in [1.165, 1.54) is 13.5 Å². The van der Waals surface area contributed by atoms with Gasteiger partial charge in [-0.3, -0.25) is 14.6 Å². The molecule has 0 radical (unpaired) electrons. The fraction of sp³-hybridized carbons (Fsp3) is 0.833. The molecule has 2 heterocycles. The van der Waals surface area contributed by atoms with Crippen LogP contribution in [0.1, 0.15) is 39.0 Å². The first-order valence-corrected chi connectivity index (χ1v) is 9.36. The van der Waals surface area contributed by atoms with E-state index in [1.54, 1.807) is 7.05 Å². The third-order valence-corrected chi connectivity index (χ3v) is 5.17. The van der Waals surface area contributed by atoms with Gasteiger partial charge in [0.1, 0.15) is 0 Å². The normalized spacial score (nSPS) is 21.8. The van der Waals surface area contributed by atoms with Crippen LogP contribution in [0, 0.1) is 11.8 Å². The summed E-state index contributed by atoms with van der Waals surface area (Å²) in [5.74, 6) is 1.50. The molecule has 0 saturated carbocycles. The smallest absolute Gasteiger partial charge is 0.308 e. The summed E-state index contributed by atoms with van der Waals surface area (Å²) >= 11 is 0. The van der Waals surface area contributed by atoms with E-state index in [4.69, 9.17) is 4.74 Å². The molecule has 150 valence electrons. The number of carbonyl (C=O) groups excluding carboxylic acids is 2. The summed E-state index contributed by atoms with van der Waals surface area (Å²) in [5.41, 5.74) is 0. The van der Waals surface area contributed by atoms with Gasteiger partial charge in [0.2, 0.25) is 5.91 Å². The third-order valence-electron chi connectivity index (χ3n) is 5.17. The van der Waals surface area contributed by atoms with Gasteiger partial charge in [0.25, 0.3) is 0 Å². The lowest BCUT2D eigenvalue weighted by atomic mass is 9.97. The van der Waals surface area contributed by atoms with Crippen molar-refractivity contribution in [3.05, 3.63) is 0 Å². The summed E-state index contributed by atoms with van der Waals surface area (Å²) in [4.78, 5) is 32.4. The van der Waals surface area contributed by atoms with E-state index in [1.807, 2.05) is 4.90 Å². The van der Waals surface area contributed by atoms with E-state index in [0.717, 1.165) is 51.4 Å². The van der Waals surface area contributed by atoms with Gasteiger partial charge in [-0.05, 0) is 31.6 Å². The average molecular weight is 480 g/mol. The number of hydrogen-bond acceptors (Lipinski definition) is 4. The van der Waals surface area contributed by atoms with E-state index in [2.05, 4.69) is 22.1 Å². The number of halogens is 1. The predicted molar refractivity (Wildman–Crippen MR) is 113 cm³/mol. The van der Waals surface area contributed by atoms with Gasteiger partial charge >= 0.3 is 5.97 Å². The molecule has 7 nitrogen and oxygen atoms in total. The first kappa shape index (κ1) is 23.0. The van der Waals surface area contributed by atoms with Crippen LogP contribution in [0.15, 0.2) is 4.99 Å². The second-order valence-corrected chi connectivity index (χ2v) is 7.10. The molecule has 26 heavy (non-hydrogen) atoms. The van der Waals surface area contributed by atoms with E-state index in [-0.39, 0.29) is 41.8 Å². The second kappa shape index (κ2) is 11.6. The molecule has 1 amide bonds. The summed E-state index contributed by atoms with van der Waals surface area (Å²) in [6.45, 7) is 6.12. The van der Waals surface area contributed by atoms with Crippen molar-refractivity contribution < 1.29 is 14.3 Å². The van der Waals surface area contributed by atoms with Gasteiger partial charge in [0.15, 0.2) is 5.96 Å². The van der Waals surface area contributed by atoms with Gasteiger partial charge in [-0.25, -0.2) is 0 Å². The molecule has 1 atom stereocenters. The van der Waals surface area contributed by atoms with Gasteiger partial charge in [0, 0.05) is 46.2 Å². The number of aliphatic imine (C=N–C) groups is 1. The minimum absolute atomic E-state index is 0. The maximum absolute atomic E-state index is 12.3. The maximum atomic E-state index is 12.3. The Morgan fingerprint density at radius 2 is 1.85 bits per heavy atom. The lowest BCUT2D eigenvalue weighted by Gasteiger charge is -2.33. The highest BCUT2D eigenvalue weighted by Gasteiger charge is 2.27. The Kier molecular flexibility index (Phi) is 10.3. The Hall–Kier alpha value is -1.06. The quantitative estimate of drug-likeness (QED) is 0.287. The molecule has 0 bridgehead atoms. The molecule has 2 fully saturated rings. The zero-order valence-corrected chi connectivity index (χ0v) is 18.5.